The number of halogens is 1. The van der Waals surface area contributed by atoms with Crippen molar-refractivity contribution in [1.29, 1.82) is 0 Å². The van der Waals surface area contributed by atoms with Crippen LogP contribution in [0.15, 0.2) is 22.7 Å². The number of fused-ring (bicyclic) bond motifs is 1. The van der Waals surface area contributed by atoms with Crippen LogP contribution in [0, 0.1) is 0 Å². The molecule has 4 heteroatoms. The molecule has 0 fully saturated rings. The van der Waals surface area contributed by atoms with E-state index in [9.17, 15) is 4.79 Å². The van der Waals surface area contributed by atoms with Crippen molar-refractivity contribution >= 4 is 27.6 Å². The lowest BCUT2D eigenvalue weighted by Gasteiger charge is -2.25. The normalized spacial score (nSPS) is 22.4. The molecule has 1 heterocycles. The fourth-order valence-electron chi connectivity index (χ4n) is 2.14. The summed E-state index contributed by atoms with van der Waals surface area (Å²) in [6.07, 6.45) is 1.39. The fourth-order valence-corrected chi connectivity index (χ4v) is 2.65. The average molecular weight is 284 g/mol. The van der Waals surface area contributed by atoms with Gasteiger partial charge in [-0.05, 0) is 34.0 Å². The van der Waals surface area contributed by atoms with E-state index in [-0.39, 0.29) is 5.97 Å². The average Bonchev–Trinajstić information content (AvgIpc) is 2.69. The highest BCUT2D eigenvalue weighted by atomic mass is 79.9. The second-order valence-electron chi connectivity index (χ2n) is 4.00. The fraction of sp³-hybridized carbons (Fsp3) is 0.417. The van der Waals surface area contributed by atoms with E-state index < -0.39 is 5.54 Å². The maximum absolute atomic E-state index is 11.8. The minimum absolute atomic E-state index is 0.196. The van der Waals surface area contributed by atoms with Gasteiger partial charge < -0.3 is 10.1 Å². The van der Waals surface area contributed by atoms with Crippen molar-refractivity contribution in [3.8, 4) is 0 Å². The summed E-state index contributed by atoms with van der Waals surface area (Å²) in [5.41, 5.74) is 1.57. The van der Waals surface area contributed by atoms with Gasteiger partial charge in [0.15, 0.2) is 0 Å². The van der Waals surface area contributed by atoms with Crippen molar-refractivity contribution < 1.29 is 9.53 Å². The predicted octanol–water partition coefficient (Wildman–Crippen LogP) is 2.74. The Kier molecular flexibility index (Phi) is 2.93. The summed E-state index contributed by atoms with van der Waals surface area (Å²) in [7, 11) is 1.43. The number of carbonyl (C=O) groups is 1. The maximum atomic E-state index is 11.8. The molecule has 0 saturated carbocycles. The minimum atomic E-state index is -0.596. The van der Waals surface area contributed by atoms with Crippen LogP contribution in [0.1, 0.15) is 18.9 Å². The molecule has 16 heavy (non-hydrogen) atoms. The molecule has 2 rings (SSSR count). The van der Waals surface area contributed by atoms with Crippen molar-refractivity contribution in [3.05, 3.63) is 28.2 Å². The Morgan fingerprint density at radius 3 is 2.94 bits per heavy atom. The van der Waals surface area contributed by atoms with Gasteiger partial charge in [0, 0.05) is 10.9 Å². The van der Waals surface area contributed by atoms with E-state index in [1.165, 1.54) is 7.11 Å². The first-order chi connectivity index (χ1) is 7.63. The van der Waals surface area contributed by atoms with E-state index >= 15 is 0 Å². The quantitative estimate of drug-likeness (QED) is 0.849. The van der Waals surface area contributed by atoms with Gasteiger partial charge in [-0.25, -0.2) is 4.79 Å². The number of methoxy groups -OCH3 is 1. The molecule has 0 amide bonds. The molecular weight excluding hydrogens is 270 g/mol. The lowest BCUT2D eigenvalue weighted by Crippen LogP contribution is -2.45. The first-order valence-corrected chi connectivity index (χ1v) is 6.06. The maximum Gasteiger partial charge on any atom is 0.331 e. The zero-order valence-electron chi connectivity index (χ0n) is 9.34. The second-order valence-corrected chi connectivity index (χ2v) is 4.86. The van der Waals surface area contributed by atoms with Gasteiger partial charge in [-0.1, -0.05) is 19.1 Å². The Bertz CT molecular complexity index is 433. The first-order valence-electron chi connectivity index (χ1n) is 5.27. The molecule has 0 radical (unpaired) electrons. The number of esters is 1. The van der Waals surface area contributed by atoms with Crippen LogP contribution in [-0.4, -0.2) is 18.6 Å². The van der Waals surface area contributed by atoms with Gasteiger partial charge in [-0.3, -0.25) is 0 Å². The molecule has 0 saturated heterocycles. The van der Waals surface area contributed by atoms with Crippen LogP contribution in [0.4, 0.5) is 5.69 Å². The molecule has 0 aliphatic carbocycles. The molecule has 86 valence electrons. The molecule has 0 spiro atoms. The summed E-state index contributed by atoms with van der Waals surface area (Å²) < 4.78 is 5.87. The summed E-state index contributed by atoms with van der Waals surface area (Å²) in [6.45, 7) is 1.99. The van der Waals surface area contributed by atoms with Crippen LogP contribution in [-0.2, 0) is 16.0 Å². The summed E-state index contributed by atoms with van der Waals surface area (Å²) in [4.78, 5) is 11.8. The van der Waals surface area contributed by atoms with Crippen molar-refractivity contribution in [2.24, 2.45) is 0 Å². The molecule has 1 aliphatic heterocycles. The molecule has 1 atom stereocenters. The zero-order valence-corrected chi connectivity index (χ0v) is 10.9. The van der Waals surface area contributed by atoms with E-state index in [1.54, 1.807) is 0 Å². The highest BCUT2D eigenvalue weighted by Crippen LogP contribution is 2.39. The zero-order chi connectivity index (χ0) is 11.8. The minimum Gasteiger partial charge on any atom is -0.467 e. The topological polar surface area (TPSA) is 38.3 Å². The first kappa shape index (κ1) is 11.5. The molecular formula is C12H14BrNO2. The highest BCUT2D eigenvalue weighted by molar-refractivity contribution is 9.10. The molecule has 0 aromatic heterocycles. The third kappa shape index (κ3) is 1.61. The Balaban J connectivity index is 2.39. The number of rotatable bonds is 2. The van der Waals surface area contributed by atoms with Crippen LogP contribution in [0.5, 0.6) is 0 Å². The number of para-hydroxylation sites is 1. The number of ether oxygens (including phenoxy) is 1. The Morgan fingerprint density at radius 1 is 1.62 bits per heavy atom. The standard InChI is InChI=1S/C12H14BrNO2/c1-3-12(11(15)16-2)7-8-5-4-6-9(13)10(8)14-12/h4-6,14H,3,7H2,1-2H3. The Hall–Kier alpha value is -1.03. The molecule has 1 N–H and O–H groups in total. The van der Waals surface area contributed by atoms with Gasteiger partial charge in [-0.15, -0.1) is 0 Å². The molecule has 1 aliphatic rings. The third-order valence-electron chi connectivity index (χ3n) is 3.14. The van der Waals surface area contributed by atoms with Crippen LogP contribution >= 0.6 is 15.9 Å². The van der Waals surface area contributed by atoms with Gasteiger partial charge in [0.25, 0.3) is 0 Å². The summed E-state index contributed by atoms with van der Waals surface area (Å²) in [5.74, 6) is -0.196. The monoisotopic (exact) mass is 283 g/mol. The van der Waals surface area contributed by atoms with E-state index in [2.05, 4.69) is 21.2 Å². The van der Waals surface area contributed by atoms with E-state index in [0.717, 1.165) is 15.7 Å². The predicted molar refractivity (Wildman–Crippen MR) is 66.5 cm³/mol. The number of anilines is 1. The number of carbonyl (C=O) groups excluding carboxylic acids is 1. The molecule has 1 aromatic carbocycles. The largest absolute Gasteiger partial charge is 0.467 e. The van der Waals surface area contributed by atoms with Gasteiger partial charge in [0.2, 0.25) is 0 Å². The summed E-state index contributed by atoms with van der Waals surface area (Å²) in [6, 6.07) is 5.98. The molecule has 0 bridgehead atoms. The summed E-state index contributed by atoms with van der Waals surface area (Å²) in [5, 5.41) is 3.30. The van der Waals surface area contributed by atoms with E-state index in [0.29, 0.717) is 12.8 Å². The lowest BCUT2D eigenvalue weighted by molar-refractivity contribution is -0.145. The van der Waals surface area contributed by atoms with Crippen LogP contribution in [0.3, 0.4) is 0 Å². The van der Waals surface area contributed by atoms with Crippen LogP contribution in [0.2, 0.25) is 0 Å². The van der Waals surface area contributed by atoms with Gasteiger partial charge in [-0.2, -0.15) is 0 Å². The SMILES string of the molecule is CCC1(C(=O)OC)Cc2cccc(Br)c2N1. The van der Waals surface area contributed by atoms with Crippen molar-refractivity contribution in [2.75, 3.05) is 12.4 Å². The number of hydrogen-bond donors (Lipinski definition) is 1. The highest BCUT2D eigenvalue weighted by Gasteiger charge is 2.43. The third-order valence-corrected chi connectivity index (χ3v) is 3.80. The number of benzene rings is 1. The molecule has 1 unspecified atom stereocenters. The van der Waals surface area contributed by atoms with Gasteiger partial charge in [0.05, 0.1) is 12.8 Å². The Morgan fingerprint density at radius 2 is 2.38 bits per heavy atom. The number of hydrogen-bond acceptors (Lipinski definition) is 3. The summed E-state index contributed by atoms with van der Waals surface area (Å²) >= 11 is 3.48. The molecule has 1 aromatic rings. The van der Waals surface area contributed by atoms with E-state index in [4.69, 9.17) is 4.74 Å². The van der Waals surface area contributed by atoms with Crippen molar-refractivity contribution in [3.63, 3.8) is 0 Å². The second kappa shape index (κ2) is 4.09. The van der Waals surface area contributed by atoms with Crippen LogP contribution in [0.25, 0.3) is 0 Å². The number of nitrogens with one attached hydrogen (secondary N) is 1. The van der Waals surface area contributed by atoms with Crippen molar-refractivity contribution in [2.45, 2.75) is 25.3 Å². The van der Waals surface area contributed by atoms with Gasteiger partial charge >= 0.3 is 5.97 Å². The Labute approximate surface area is 103 Å². The van der Waals surface area contributed by atoms with Gasteiger partial charge in [0.1, 0.15) is 5.54 Å². The van der Waals surface area contributed by atoms with Crippen LogP contribution < -0.4 is 5.32 Å². The lowest BCUT2D eigenvalue weighted by atomic mass is 9.92. The van der Waals surface area contributed by atoms with E-state index in [1.807, 2.05) is 25.1 Å². The van der Waals surface area contributed by atoms with Crippen molar-refractivity contribution in [1.82, 2.24) is 0 Å². The smallest absolute Gasteiger partial charge is 0.331 e. The molecule has 3 nitrogen and oxygen atoms in total.